The van der Waals surface area contributed by atoms with Crippen molar-refractivity contribution in [2.24, 2.45) is 0 Å². The third-order valence-electron chi connectivity index (χ3n) is 13.9. The molecule has 0 aliphatic carbocycles. The van der Waals surface area contributed by atoms with Gasteiger partial charge in [0.15, 0.2) is 23.3 Å². The van der Waals surface area contributed by atoms with E-state index in [1.54, 1.807) is 96.1 Å². The summed E-state index contributed by atoms with van der Waals surface area (Å²) < 4.78 is 55.6. The van der Waals surface area contributed by atoms with E-state index in [-0.39, 0.29) is 23.4 Å². The second-order valence-electron chi connectivity index (χ2n) is 25.8. The number of nitrogen functional groups attached to an aromatic ring is 1. The first-order chi connectivity index (χ1) is 52.5. The minimum absolute atomic E-state index is 0.135. The molecule has 0 aliphatic heterocycles. The first kappa shape index (κ1) is 86.6. The first-order valence-corrected chi connectivity index (χ1v) is 34.1. The molecular weight excluding hydrogens is 1520 g/mol. The lowest BCUT2D eigenvalue weighted by atomic mass is 10.0. The van der Waals surface area contributed by atoms with E-state index in [0.717, 1.165) is 56.4 Å². The number of halogens is 4. The minimum Gasteiger partial charge on any atom is -0.478 e. The summed E-state index contributed by atoms with van der Waals surface area (Å²) in [6.07, 6.45) is -6.42. The van der Waals surface area contributed by atoms with Crippen LogP contribution >= 0.6 is 15.9 Å². The van der Waals surface area contributed by atoms with Crippen molar-refractivity contribution >= 4 is 90.9 Å². The van der Waals surface area contributed by atoms with Crippen LogP contribution in [0.1, 0.15) is 138 Å². The number of methoxy groups -OCH3 is 1. The summed E-state index contributed by atoms with van der Waals surface area (Å²) in [5.41, 5.74) is 13.2. The number of rotatable bonds is 14. The highest BCUT2D eigenvalue weighted by atomic mass is 79.9. The van der Waals surface area contributed by atoms with Crippen LogP contribution in [0.2, 0.25) is 0 Å². The van der Waals surface area contributed by atoms with Crippen LogP contribution in [0, 0.1) is 0 Å². The number of aromatic amines is 3. The fourth-order valence-corrected chi connectivity index (χ4v) is 9.63. The number of aliphatic hydroxyl groups excluding tert-OH is 1. The van der Waals surface area contributed by atoms with Gasteiger partial charge in [-0.2, -0.15) is 33.6 Å². The van der Waals surface area contributed by atoms with Crippen molar-refractivity contribution in [2.45, 2.75) is 110 Å². The predicted molar refractivity (Wildman–Crippen MR) is 401 cm³/mol. The van der Waals surface area contributed by atoms with Gasteiger partial charge in [0.2, 0.25) is 0 Å². The summed E-state index contributed by atoms with van der Waals surface area (Å²) >= 11 is 3.42. The zero-order valence-corrected chi connectivity index (χ0v) is 63.2. The number of alkyl halides is 4. The van der Waals surface area contributed by atoms with Gasteiger partial charge in [0, 0.05) is 40.2 Å². The molecular formula is C74H78BrF3N18O15. The Morgan fingerprint density at radius 3 is 1.32 bits per heavy atom. The van der Waals surface area contributed by atoms with E-state index in [0.29, 0.717) is 76.1 Å². The molecule has 8 aromatic carbocycles. The van der Waals surface area contributed by atoms with Crippen LogP contribution < -0.4 is 11.1 Å². The summed E-state index contributed by atoms with van der Waals surface area (Å²) in [6.45, 7) is 16.0. The number of aromatic carboxylic acids is 1. The van der Waals surface area contributed by atoms with E-state index in [9.17, 15) is 47.0 Å². The third-order valence-corrected chi connectivity index (χ3v) is 14.6. The van der Waals surface area contributed by atoms with Gasteiger partial charge in [-0.3, -0.25) is 4.79 Å². The number of aromatic nitrogens is 16. The van der Waals surface area contributed by atoms with Crippen LogP contribution in [0.25, 0.3) is 43.8 Å². The number of nitrogens with two attached hydrogens (primary N) is 1. The van der Waals surface area contributed by atoms with Gasteiger partial charge in [-0.25, -0.2) is 28.8 Å². The second-order valence-corrected chi connectivity index (χ2v) is 26.4. The highest BCUT2D eigenvalue weighted by Crippen LogP contribution is 2.30. The van der Waals surface area contributed by atoms with Crippen LogP contribution in [0.5, 0.6) is 0 Å². The minimum atomic E-state index is -5.08. The van der Waals surface area contributed by atoms with Gasteiger partial charge < -0.3 is 50.1 Å². The number of carboxylic acid groups (broad SMARTS) is 2. The standard InChI is InChI=1S/C28H21N9O3.C15H13BrO2.C15H17NO2.C10H18O5.C3H4N8.C2HF3O2.CH4O/c38-27(29-23-6-2-4-20-3-1-5-22(26(20)23)28(39)40)21-13-11-19(12-14-21)18-9-7-17(8-10-18)16-37-33-25(32-36-37)15-24-30-34-35-31-24;1-18-15(17)14-8-6-13(7-9-14)12-4-2-11(10-16)3-5-12;1-15(2,3)18-14(17)11-8-4-6-10-7-5-9-12(16)13(10)11;1-9(2,3)14-7(11)13-8(12)15-10(4,5)6;1(2-4-8-9-5-2)3-6-10-11-7-3;3-2(4,5)1(6)7;1-2/h1-14H,15-16H2,(H,29,38)(H,39,40)(H,30,31,34,35);2-9H,10H2,1H3;4-9H,16H2,1-3H3;1-6H3;1H2,(H,4,5,8,9)(H,6,7,10,11);(H,6,7);2H,1H3. The van der Waals surface area contributed by atoms with Crippen LogP contribution in [0.3, 0.4) is 0 Å². The van der Waals surface area contributed by atoms with E-state index >= 15 is 0 Å². The van der Waals surface area contributed by atoms with Gasteiger partial charge in [0.25, 0.3) is 5.91 Å². The van der Waals surface area contributed by atoms with E-state index in [2.05, 4.69) is 132 Å². The van der Waals surface area contributed by atoms with Gasteiger partial charge in [-0.05, 0) is 160 Å². The van der Waals surface area contributed by atoms with Gasteiger partial charge in [0.1, 0.15) is 16.8 Å². The van der Waals surface area contributed by atoms with Crippen molar-refractivity contribution in [1.82, 2.24) is 82.1 Å². The highest BCUT2D eigenvalue weighted by Gasteiger charge is 2.38. The smallest absolute Gasteiger partial charge is 0.478 e. The molecule has 9 N–H and O–H groups in total. The van der Waals surface area contributed by atoms with E-state index in [4.69, 9.17) is 35.0 Å². The van der Waals surface area contributed by atoms with Crippen LogP contribution in [-0.4, -0.2) is 177 Å². The molecule has 12 aromatic rings. The summed E-state index contributed by atoms with van der Waals surface area (Å²) in [6, 6.07) is 52.3. The molecule has 0 bridgehead atoms. The molecule has 0 unspecified atom stereocenters. The number of benzene rings is 8. The Morgan fingerprint density at radius 1 is 0.505 bits per heavy atom. The number of tetrazole rings is 4. The van der Waals surface area contributed by atoms with Crippen molar-refractivity contribution in [3.63, 3.8) is 0 Å². The van der Waals surface area contributed by atoms with Gasteiger partial charge in [0.05, 0.1) is 43.2 Å². The summed E-state index contributed by atoms with van der Waals surface area (Å²) in [7, 11) is 2.38. The Labute approximate surface area is 639 Å². The quantitative estimate of drug-likeness (QED) is 0.0165. The molecule has 0 atom stereocenters. The van der Waals surface area contributed by atoms with Gasteiger partial charge >= 0.3 is 42.4 Å². The van der Waals surface area contributed by atoms with Crippen molar-refractivity contribution in [2.75, 3.05) is 25.3 Å². The topological polar surface area (TPSA) is 471 Å². The molecule has 0 saturated carbocycles. The fourth-order valence-electron chi connectivity index (χ4n) is 9.25. The van der Waals surface area contributed by atoms with Crippen LogP contribution in [-0.2, 0) is 53.2 Å². The fraction of sp³-hybridized carbons (Fsp3) is 0.257. The monoisotopic (exact) mass is 1590 g/mol. The van der Waals surface area contributed by atoms with Crippen molar-refractivity contribution in [1.29, 1.82) is 0 Å². The molecule has 0 aliphatic rings. The molecule has 0 saturated heterocycles. The number of nitrogens with one attached hydrogen (secondary N) is 4. The summed E-state index contributed by atoms with van der Waals surface area (Å²) in [5, 5.41) is 82.8. The number of carboxylic acids is 2. The molecule has 33 nitrogen and oxygen atoms in total. The number of carbonyl (C=O) groups is 7. The lowest BCUT2D eigenvalue weighted by Crippen LogP contribution is -2.29. The zero-order chi connectivity index (χ0) is 81.6. The average Bonchev–Trinajstić information content (AvgIpc) is 1.33. The molecule has 0 spiro atoms. The molecule has 4 aromatic heterocycles. The number of anilines is 2. The molecule has 4 heterocycles. The number of ether oxygens (including phenoxy) is 5. The Balaban J connectivity index is 0.000000228. The van der Waals surface area contributed by atoms with Crippen molar-refractivity contribution in [3.05, 3.63) is 227 Å². The molecule has 37 heteroatoms. The number of hydrogen-bond donors (Lipinski definition) is 8. The van der Waals surface area contributed by atoms with Crippen LogP contribution in [0.4, 0.5) is 34.1 Å². The summed E-state index contributed by atoms with van der Waals surface area (Å²) in [4.78, 5) is 80.6. The molecule has 582 valence electrons. The number of hydrogen-bond acceptors (Lipinski definition) is 26. The molecule has 111 heavy (non-hydrogen) atoms. The third kappa shape index (κ3) is 28.7. The number of H-pyrrole nitrogens is 3. The lowest BCUT2D eigenvalue weighted by Gasteiger charge is -2.20. The summed E-state index contributed by atoms with van der Waals surface area (Å²) in [5.74, 6) is -2.69. The van der Waals surface area contributed by atoms with E-state index in [1.165, 1.54) is 23.5 Å². The number of amides is 1. The number of aliphatic hydroxyl groups is 1. The van der Waals surface area contributed by atoms with E-state index < -0.39 is 47.2 Å². The number of esters is 2. The van der Waals surface area contributed by atoms with E-state index in [1.807, 2.05) is 106 Å². The molecule has 1 amide bonds. The average molecular weight is 1600 g/mol. The number of aliphatic carboxylic acids is 1. The number of nitrogens with zero attached hydrogens (tertiary/aromatic N) is 13. The lowest BCUT2D eigenvalue weighted by molar-refractivity contribution is -0.192. The Kier molecular flexibility index (Phi) is 31.7. The van der Waals surface area contributed by atoms with Gasteiger partial charge in [-0.1, -0.05) is 153 Å². The molecule has 12 rings (SSSR count). The maximum absolute atomic E-state index is 13.0. The molecule has 0 radical (unpaired) electrons. The number of carbonyl (C=O) groups excluding carboxylic acids is 5. The predicted octanol–water partition coefficient (Wildman–Crippen LogP) is 12.4. The maximum Gasteiger partial charge on any atom is 0.519 e. The highest BCUT2D eigenvalue weighted by molar-refractivity contribution is 9.08. The van der Waals surface area contributed by atoms with Gasteiger partial charge in [-0.15, -0.1) is 40.8 Å². The normalized spacial score (nSPS) is 10.8. The zero-order valence-electron chi connectivity index (χ0n) is 61.6. The number of fused-ring (bicyclic) bond motifs is 2. The Hall–Kier alpha value is -13.3. The molecule has 0 fully saturated rings. The Morgan fingerprint density at radius 2 is 0.910 bits per heavy atom. The SMILES string of the molecule is C(c1nn[nH]n1)c1nn[nH]n1.CC(C)(C)OC(=O)OC(=O)OC(C)(C)C.CC(C)(C)OC(=O)c1cccc2cccc(N)c12.CO.COC(=O)c1ccc(-c2ccc(CBr)cc2)cc1.O=C(Nc1cccc2cccc(C(=O)O)c12)c1ccc(-c2ccc(Cn3nnc(Cc4nn[nH]n4)n3)cc2)cc1.O=C(O)C(F)(F)F. The van der Waals surface area contributed by atoms with Crippen molar-refractivity contribution < 1.29 is 85.7 Å². The van der Waals surface area contributed by atoms with Crippen LogP contribution in [0.15, 0.2) is 170 Å². The maximum atomic E-state index is 13.0. The first-order valence-electron chi connectivity index (χ1n) is 33.0. The largest absolute Gasteiger partial charge is 0.519 e. The van der Waals surface area contributed by atoms with Crippen molar-refractivity contribution in [3.8, 4) is 22.3 Å². The second kappa shape index (κ2) is 40.6. The Bertz CT molecular complexity index is 4930.